The molecule has 0 aliphatic heterocycles. The Morgan fingerprint density at radius 3 is 2.35 bits per heavy atom. The summed E-state index contributed by atoms with van der Waals surface area (Å²) in [5.74, 6) is 0.606. The molecule has 0 saturated heterocycles. The molecule has 7 heteroatoms. The minimum absolute atomic E-state index is 0.170. The summed E-state index contributed by atoms with van der Waals surface area (Å²) in [6.45, 7) is 5.08. The van der Waals surface area contributed by atoms with Gasteiger partial charge in [-0.3, -0.25) is 9.59 Å². The van der Waals surface area contributed by atoms with E-state index in [0.717, 1.165) is 17.1 Å². The average Bonchev–Trinajstić information content (AvgIpc) is 3.37. The Bertz CT molecular complexity index is 876. The first kappa shape index (κ1) is 17.6. The molecule has 7 nitrogen and oxygen atoms in total. The van der Waals surface area contributed by atoms with Crippen LogP contribution in [0.25, 0.3) is 0 Å². The van der Waals surface area contributed by atoms with E-state index < -0.39 is 0 Å². The molecule has 0 aliphatic rings. The van der Waals surface area contributed by atoms with Crippen LogP contribution in [0, 0.1) is 13.8 Å². The van der Waals surface area contributed by atoms with Crippen molar-refractivity contribution in [1.29, 1.82) is 0 Å². The zero-order valence-corrected chi connectivity index (χ0v) is 14.7. The highest BCUT2D eigenvalue weighted by molar-refractivity contribution is 5.95. The Hall–Kier alpha value is -3.22. The molecule has 0 atom stereocenters. The van der Waals surface area contributed by atoms with Crippen molar-refractivity contribution in [3.8, 4) is 0 Å². The topological polar surface area (TPSA) is 89.4 Å². The van der Waals surface area contributed by atoms with Gasteiger partial charge in [-0.2, -0.15) is 0 Å². The smallest absolute Gasteiger partial charge is 0.287 e. The van der Waals surface area contributed by atoms with Crippen molar-refractivity contribution in [2.45, 2.75) is 20.4 Å². The number of carbonyl (C=O) groups excluding carboxylic acids is 2. The molecule has 0 aliphatic carbocycles. The number of aryl methyl sites for hydroxylation is 1. The molecular formula is C19H21N3O4. The largest absolute Gasteiger partial charge is 0.467 e. The van der Waals surface area contributed by atoms with E-state index in [0.29, 0.717) is 25.2 Å². The van der Waals surface area contributed by atoms with E-state index in [9.17, 15) is 9.59 Å². The zero-order valence-electron chi connectivity index (χ0n) is 14.7. The van der Waals surface area contributed by atoms with E-state index in [1.807, 2.05) is 36.6 Å². The SMILES string of the molecule is Cc1cc(C(=O)NCCNC(=O)c2ccco2)c(C)n1Cc1ccco1. The normalized spacial score (nSPS) is 10.7. The van der Waals surface area contributed by atoms with Crippen LogP contribution in [0.15, 0.2) is 51.7 Å². The minimum atomic E-state index is -0.305. The molecule has 3 rings (SSSR count). The number of carbonyl (C=O) groups is 2. The molecule has 0 saturated carbocycles. The number of nitrogens with one attached hydrogen (secondary N) is 2. The molecule has 0 fully saturated rings. The number of hydrogen-bond acceptors (Lipinski definition) is 4. The third-order valence-corrected chi connectivity index (χ3v) is 4.15. The number of amides is 2. The van der Waals surface area contributed by atoms with Crippen LogP contribution >= 0.6 is 0 Å². The number of aromatic nitrogens is 1. The summed E-state index contributed by atoms with van der Waals surface area (Å²) >= 11 is 0. The Kier molecular flexibility index (Phi) is 5.26. The van der Waals surface area contributed by atoms with Gasteiger partial charge in [0, 0.05) is 24.5 Å². The Morgan fingerprint density at radius 2 is 1.69 bits per heavy atom. The summed E-state index contributed by atoms with van der Waals surface area (Å²) in [6, 6.07) is 8.83. The maximum atomic E-state index is 12.4. The van der Waals surface area contributed by atoms with Gasteiger partial charge in [-0.1, -0.05) is 0 Å². The van der Waals surface area contributed by atoms with Crippen LogP contribution in [0.3, 0.4) is 0 Å². The van der Waals surface area contributed by atoms with Gasteiger partial charge in [-0.25, -0.2) is 0 Å². The van der Waals surface area contributed by atoms with Crippen LogP contribution < -0.4 is 10.6 Å². The first-order valence-electron chi connectivity index (χ1n) is 8.35. The summed E-state index contributed by atoms with van der Waals surface area (Å²) < 4.78 is 12.4. The first-order valence-corrected chi connectivity index (χ1v) is 8.35. The van der Waals surface area contributed by atoms with Gasteiger partial charge in [0.25, 0.3) is 11.8 Å². The fourth-order valence-corrected chi connectivity index (χ4v) is 2.77. The maximum absolute atomic E-state index is 12.4. The molecule has 0 spiro atoms. The first-order chi connectivity index (χ1) is 12.6. The van der Waals surface area contributed by atoms with Gasteiger partial charge in [0.05, 0.1) is 24.6 Å². The predicted octanol–water partition coefficient (Wildman–Crippen LogP) is 2.50. The quantitative estimate of drug-likeness (QED) is 0.637. The standard InChI is InChI=1S/C19H21N3O4/c1-13-11-16(14(2)22(13)12-15-5-3-9-25-15)18(23)20-7-8-21-19(24)17-6-4-10-26-17/h3-6,9-11H,7-8,12H2,1-2H3,(H,20,23)(H,21,24). The molecule has 2 N–H and O–H groups in total. The molecule has 2 amide bonds. The van der Waals surface area contributed by atoms with E-state index in [1.54, 1.807) is 18.4 Å². The number of hydrogen-bond donors (Lipinski definition) is 2. The van der Waals surface area contributed by atoms with Crippen LogP contribution in [0.5, 0.6) is 0 Å². The molecule has 3 heterocycles. The average molecular weight is 355 g/mol. The highest BCUT2D eigenvalue weighted by atomic mass is 16.3. The molecule has 26 heavy (non-hydrogen) atoms. The number of nitrogens with zero attached hydrogens (tertiary/aromatic N) is 1. The van der Waals surface area contributed by atoms with Gasteiger partial charge >= 0.3 is 0 Å². The van der Waals surface area contributed by atoms with Crippen molar-refractivity contribution in [1.82, 2.24) is 15.2 Å². The van der Waals surface area contributed by atoms with Crippen LogP contribution in [0.2, 0.25) is 0 Å². The van der Waals surface area contributed by atoms with E-state index >= 15 is 0 Å². The molecule has 0 bridgehead atoms. The number of rotatable bonds is 7. The Morgan fingerprint density at radius 1 is 1.00 bits per heavy atom. The predicted molar refractivity (Wildman–Crippen MR) is 95.1 cm³/mol. The lowest BCUT2D eigenvalue weighted by molar-refractivity contribution is 0.0910. The van der Waals surface area contributed by atoms with Gasteiger partial charge in [-0.15, -0.1) is 0 Å². The van der Waals surface area contributed by atoms with Crippen LogP contribution in [-0.4, -0.2) is 29.5 Å². The van der Waals surface area contributed by atoms with Crippen molar-refractivity contribution in [3.63, 3.8) is 0 Å². The van der Waals surface area contributed by atoms with Gasteiger partial charge in [0.1, 0.15) is 5.76 Å². The molecule has 0 aromatic carbocycles. The van der Waals surface area contributed by atoms with E-state index in [-0.39, 0.29) is 17.6 Å². The summed E-state index contributed by atoms with van der Waals surface area (Å²) in [5, 5.41) is 5.51. The van der Waals surface area contributed by atoms with Gasteiger partial charge in [0.2, 0.25) is 0 Å². The molecule has 3 aromatic rings. The third-order valence-electron chi connectivity index (χ3n) is 4.15. The number of furan rings is 2. The Balaban J connectivity index is 1.54. The van der Waals surface area contributed by atoms with Gasteiger partial charge in [-0.05, 0) is 44.2 Å². The fourth-order valence-electron chi connectivity index (χ4n) is 2.77. The van der Waals surface area contributed by atoms with Gasteiger partial charge in [0.15, 0.2) is 5.76 Å². The molecule has 0 unspecified atom stereocenters. The van der Waals surface area contributed by atoms with Gasteiger partial charge < -0.3 is 24.0 Å². The lowest BCUT2D eigenvalue weighted by Crippen LogP contribution is -2.34. The monoisotopic (exact) mass is 355 g/mol. The molecule has 3 aromatic heterocycles. The van der Waals surface area contributed by atoms with Crippen molar-refractivity contribution >= 4 is 11.8 Å². The molecule has 0 radical (unpaired) electrons. The highest BCUT2D eigenvalue weighted by Crippen LogP contribution is 2.17. The minimum Gasteiger partial charge on any atom is -0.467 e. The summed E-state index contributed by atoms with van der Waals surface area (Å²) in [6.07, 6.45) is 3.07. The van der Waals surface area contributed by atoms with E-state index in [1.165, 1.54) is 6.26 Å². The summed E-state index contributed by atoms with van der Waals surface area (Å²) in [4.78, 5) is 24.2. The molecular weight excluding hydrogens is 334 g/mol. The second-order valence-corrected chi connectivity index (χ2v) is 5.94. The molecule has 136 valence electrons. The van der Waals surface area contributed by atoms with Crippen molar-refractivity contribution < 1.29 is 18.4 Å². The summed E-state index contributed by atoms with van der Waals surface area (Å²) in [7, 11) is 0. The second-order valence-electron chi connectivity index (χ2n) is 5.94. The summed E-state index contributed by atoms with van der Waals surface area (Å²) in [5.41, 5.74) is 2.47. The maximum Gasteiger partial charge on any atom is 0.287 e. The van der Waals surface area contributed by atoms with E-state index in [2.05, 4.69) is 10.6 Å². The van der Waals surface area contributed by atoms with Crippen LogP contribution in [0.4, 0.5) is 0 Å². The van der Waals surface area contributed by atoms with E-state index in [4.69, 9.17) is 8.83 Å². The zero-order chi connectivity index (χ0) is 18.5. The van der Waals surface area contributed by atoms with Crippen LogP contribution in [0.1, 0.15) is 38.1 Å². The second kappa shape index (κ2) is 7.77. The lowest BCUT2D eigenvalue weighted by Gasteiger charge is -2.09. The van der Waals surface area contributed by atoms with Crippen LogP contribution in [-0.2, 0) is 6.54 Å². The third kappa shape index (κ3) is 3.88. The van der Waals surface area contributed by atoms with Crippen molar-refractivity contribution in [3.05, 3.63) is 71.3 Å². The fraction of sp³-hybridized carbons (Fsp3) is 0.263. The highest BCUT2D eigenvalue weighted by Gasteiger charge is 2.16. The van der Waals surface area contributed by atoms with Crippen molar-refractivity contribution in [2.24, 2.45) is 0 Å². The Labute approximate surface area is 151 Å². The van der Waals surface area contributed by atoms with Crippen molar-refractivity contribution in [2.75, 3.05) is 13.1 Å². The lowest BCUT2D eigenvalue weighted by atomic mass is 10.2.